The summed E-state index contributed by atoms with van der Waals surface area (Å²) in [5.74, 6) is 0. The average Bonchev–Trinajstić information content (AvgIpc) is 3.02. The quantitative estimate of drug-likeness (QED) is 0.678. The minimum Gasteiger partial charge on any atom is -0.345 e. The van der Waals surface area contributed by atoms with Gasteiger partial charge in [-0.25, -0.2) is 4.79 Å². The van der Waals surface area contributed by atoms with Crippen LogP contribution in [0.3, 0.4) is 0 Å². The number of anilines is 1. The first-order chi connectivity index (χ1) is 12.1. The van der Waals surface area contributed by atoms with Gasteiger partial charge in [-0.05, 0) is 48.4 Å². The number of nitrogens with one attached hydrogen (secondary N) is 2. The fraction of sp³-hybridized carbons (Fsp3) is 0.150. The number of hydrogen-bond acceptors (Lipinski definition) is 1. The van der Waals surface area contributed by atoms with Gasteiger partial charge in [-0.15, -0.1) is 0 Å². The molecule has 0 radical (unpaired) electrons. The first kappa shape index (κ1) is 17.1. The molecule has 1 heterocycles. The summed E-state index contributed by atoms with van der Waals surface area (Å²) in [6.07, 6.45) is 2.03. The highest BCUT2D eigenvalue weighted by atomic mass is 35.5. The maximum atomic E-state index is 12.1. The zero-order valence-corrected chi connectivity index (χ0v) is 14.8. The Balaban J connectivity index is 1.60. The SMILES string of the molecule is Cc1ccccc1Cn1cccc1CNC(=O)Nc1cccc(Cl)c1. The minimum atomic E-state index is -0.258. The van der Waals surface area contributed by atoms with Crippen molar-refractivity contribution in [3.8, 4) is 0 Å². The molecule has 25 heavy (non-hydrogen) atoms. The molecule has 0 saturated heterocycles. The Hall–Kier alpha value is -2.72. The second-order valence-corrected chi connectivity index (χ2v) is 6.31. The van der Waals surface area contributed by atoms with Gasteiger partial charge >= 0.3 is 6.03 Å². The Morgan fingerprint density at radius 2 is 1.92 bits per heavy atom. The Morgan fingerprint density at radius 3 is 2.72 bits per heavy atom. The van der Waals surface area contributed by atoms with Gasteiger partial charge in [-0.1, -0.05) is 41.9 Å². The number of aromatic nitrogens is 1. The minimum absolute atomic E-state index is 0.258. The summed E-state index contributed by atoms with van der Waals surface area (Å²) in [4.78, 5) is 12.1. The van der Waals surface area contributed by atoms with Gasteiger partial charge in [0.05, 0.1) is 6.54 Å². The van der Waals surface area contributed by atoms with E-state index in [9.17, 15) is 4.79 Å². The van der Waals surface area contributed by atoms with E-state index >= 15 is 0 Å². The molecule has 2 amide bonds. The Labute approximate surface area is 152 Å². The normalized spacial score (nSPS) is 10.5. The molecule has 2 N–H and O–H groups in total. The second-order valence-electron chi connectivity index (χ2n) is 5.87. The van der Waals surface area contributed by atoms with Crippen molar-refractivity contribution >= 4 is 23.3 Å². The van der Waals surface area contributed by atoms with Crippen molar-refractivity contribution in [2.45, 2.75) is 20.0 Å². The molecule has 4 nitrogen and oxygen atoms in total. The molecule has 0 aliphatic carbocycles. The highest BCUT2D eigenvalue weighted by molar-refractivity contribution is 6.30. The fourth-order valence-electron chi connectivity index (χ4n) is 2.65. The van der Waals surface area contributed by atoms with E-state index in [1.54, 1.807) is 24.3 Å². The van der Waals surface area contributed by atoms with Crippen LogP contribution in [0.25, 0.3) is 0 Å². The van der Waals surface area contributed by atoms with Crippen LogP contribution < -0.4 is 10.6 Å². The Morgan fingerprint density at radius 1 is 1.08 bits per heavy atom. The highest BCUT2D eigenvalue weighted by Gasteiger charge is 2.06. The topological polar surface area (TPSA) is 46.1 Å². The number of amides is 2. The van der Waals surface area contributed by atoms with Crippen molar-refractivity contribution in [1.82, 2.24) is 9.88 Å². The molecule has 0 unspecified atom stereocenters. The molecule has 1 aromatic heterocycles. The van der Waals surface area contributed by atoms with Crippen LogP contribution >= 0.6 is 11.6 Å². The van der Waals surface area contributed by atoms with E-state index in [1.165, 1.54) is 11.1 Å². The second kappa shape index (κ2) is 7.90. The van der Waals surface area contributed by atoms with Crippen molar-refractivity contribution in [1.29, 1.82) is 0 Å². The van der Waals surface area contributed by atoms with Crippen LogP contribution in [-0.2, 0) is 13.1 Å². The van der Waals surface area contributed by atoms with Crippen LogP contribution in [0.2, 0.25) is 5.02 Å². The fourth-order valence-corrected chi connectivity index (χ4v) is 2.84. The molecule has 0 bridgehead atoms. The third kappa shape index (κ3) is 4.64. The lowest BCUT2D eigenvalue weighted by Crippen LogP contribution is -2.29. The predicted octanol–water partition coefficient (Wildman–Crippen LogP) is 4.82. The zero-order valence-electron chi connectivity index (χ0n) is 14.0. The molecule has 3 aromatic rings. The lowest BCUT2D eigenvalue weighted by Gasteiger charge is -2.13. The lowest BCUT2D eigenvalue weighted by molar-refractivity contribution is 0.251. The molecular formula is C20H20ClN3O. The summed E-state index contributed by atoms with van der Waals surface area (Å²) in [6.45, 7) is 3.34. The number of aryl methyl sites for hydroxylation is 1. The monoisotopic (exact) mass is 353 g/mol. The number of carbonyl (C=O) groups is 1. The van der Waals surface area contributed by atoms with Crippen molar-refractivity contribution < 1.29 is 4.79 Å². The third-order valence-electron chi connectivity index (χ3n) is 4.04. The van der Waals surface area contributed by atoms with Crippen LogP contribution in [0.1, 0.15) is 16.8 Å². The maximum absolute atomic E-state index is 12.1. The summed E-state index contributed by atoms with van der Waals surface area (Å²) < 4.78 is 2.14. The number of carbonyl (C=O) groups excluding carboxylic acids is 1. The number of nitrogens with zero attached hydrogens (tertiary/aromatic N) is 1. The number of urea groups is 1. The predicted molar refractivity (Wildman–Crippen MR) is 102 cm³/mol. The molecule has 0 fully saturated rings. The van der Waals surface area contributed by atoms with Crippen molar-refractivity contribution in [3.05, 3.63) is 88.7 Å². The van der Waals surface area contributed by atoms with E-state index in [0.717, 1.165) is 12.2 Å². The molecule has 5 heteroatoms. The summed E-state index contributed by atoms with van der Waals surface area (Å²) >= 11 is 5.92. The molecule has 0 atom stereocenters. The van der Waals surface area contributed by atoms with Crippen LogP contribution in [0, 0.1) is 6.92 Å². The largest absolute Gasteiger partial charge is 0.345 e. The summed E-state index contributed by atoms with van der Waals surface area (Å²) in [5.41, 5.74) is 4.24. The lowest BCUT2D eigenvalue weighted by atomic mass is 10.1. The smallest absolute Gasteiger partial charge is 0.319 e. The number of hydrogen-bond donors (Lipinski definition) is 2. The third-order valence-corrected chi connectivity index (χ3v) is 4.27. The van der Waals surface area contributed by atoms with E-state index in [-0.39, 0.29) is 6.03 Å². The van der Waals surface area contributed by atoms with Crippen LogP contribution in [-0.4, -0.2) is 10.6 Å². The Bertz CT molecular complexity index is 873. The van der Waals surface area contributed by atoms with E-state index in [1.807, 2.05) is 30.5 Å². The molecule has 2 aromatic carbocycles. The van der Waals surface area contributed by atoms with E-state index in [2.05, 4.69) is 34.3 Å². The van der Waals surface area contributed by atoms with Gasteiger partial charge in [0, 0.05) is 29.1 Å². The van der Waals surface area contributed by atoms with Gasteiger partial charge in [0.15, 0.2) is 0 Å². The van der Waals surface area contributed by atoms with Gasteiger partial charge in [0.1, 0.15) is 0 Å². The highest BCUT2D eigenvalue weighted by Crippen LogP contribution is 2.15. The van der Waals surface area contributed by atoms with Crippen molar-refractivity contribution in [2.75, 3.05) is 5.32 Å². The summed E-state index contributed by atoms with van der Waals surface area (Å²) in [5, 5.41) is 6.25. The van der Waals surface area contributed by atoms with Gasteiger partial charge in [0.25, 0.3) is 0 Å². The first-order valence-electron chi connectivity index (χ1n) is 8.11. The van der Waals surface area contributed by atoms with Gasteiger partial charge in [-0.2, -0.15) is 0 Å². The van der Waals surface area contributed by atoms with E-state index in [4.69, 9.17) is 11.6 Å². The number of halogens is 1. The number of rotatable bonds is 5. The summed E-state index contributed by atoms with van der Waals surface area (Å²) in [7, 11) is 0. The molecule has 3 rings (SSSR count). The molecule has 0 aliphatic rings. The summed E-state index contributed by atoms with van der Waals surface area (Å²) in [6, 6.07) is 19.1. The zero-order chi connectivity index (χ0) is 17.6. The van der Waals surface area contributed by atoms with Crippen LogP contribution in [0.5, 0.6) is 0 Å². The van der Waals surface area contributed by atoms with Gasteiger partial charge in [0.2, 0.25) is 0 Å². The molecular weight excluding hydrogens is 334 g/mol. The number of benzene rings is 2. The standard InChI is InChI=1S/C20H20ClN3O/c1-15-6-2-3-7-16(15)14-24-11-5-10-19(24)13-22-20(25)23-18-9-4-8-17(21)12-18/h2-12H,13-14H2,1H3,(H2,22,23,25). The first-order valence-corrected chi connectivity index (χ1v) is 8.48. The molecule has 0 aliphatic heterocycles. The van der Waals surface area contributed by atoms with Crippen LogP contribution in [0.15, 0.2) is 66.9 Å². The Kier molecular flexibility index (Phi) is 5.41. The van der Waals surface area contributed by atoms with Gasteiger partial charge < -0.3 is 15.2 Å². The maximum Gasteiger partial charge on any atom is 0.319 e. The molecule has 0 saturated carbocycles. The van der Waals surface area contributed by atoms with E-state index < -0.39 is 0 Å². The average molecular weight is 354 g/mol. The van der Waals surface area contributed by atoms with Crippen molar-refractivity contribution in [3.63, 3.8) is 0 Å². The van der Waals surface area contributed by atoms with Crippen molar-refractivity contribution in [2.24, 2.45) is 0 Å². The van der Waals surface area contributed by atoms with E-state index in [0.29, 0.717) is 17.3 Å². The van der Waals surface area contributed by atoms with Crippen LogP contribution in [0.4, 0.5) is 10.5 Å². The molecule has 128 valence electrons. The molecule has 0 spiro atoms. The van der Waals surface area contributed by atoms with Gasteiger partial charge in [-0.3, -0.25) is 0 Å².